The van der Waals surface area contributed by atoms with Crippen LogP contribution in [-0.4, -0.2) is 60.8 Å². The minimum absolute atomic E-state index is 2.05. The van der Waals surface area contributed by atoms with E-state index in [0.717, 1.165) is 0 Å². The molecule has 22 heteroatoms. The molecule has 0 aliphatic carbocycles. The Labute approximate surface area is 156 Å². The van der Waals surface area contributed by atoms with Crippen LogP contribution in [-0.2, 0) is 14.5 Å². The van der Waals surface area contributed by atoms with Gasteiger partial charge in [0.1, 0.15) is 0 Å². The van der Waals surface area contributed by atoms with Gasteiger partial charge in [-0.15, -0.1) is 0 Å². The van der Waals surface area contributed by atoms with Gasteiger partial charge in [-0.25, -0.2) is 26.3 Å². The Bertz CT molecular complexity index is 508. The van der Waals surface area contributed by atoms with E-state index in [0.29, 0.717) is 0 Å². The van der Waals surface area contributed by atoms with E-state index in [-0.39, 0.29) is 0 Å². The van der Waals surface area contributed by atoms with Crippen molar-refractivity contribution in [3.8, 4) is 0 Å². The molecule has 0 aromatic rings. The zero-order valence-electron chi connectivity index (χ0n) is 13.2. The highest BCUT2D eigenvalue weighted by atomic mass is 19.4. The molecule has 0 aliphatic rings. The third-order valence-corrected chi connectivity index (χ3v) is 2.62. The first kappa shape index (κ1) is 29.6. The number of rotatable bonds is 9. The number of nitrogens with zero attached hydrogens (tertiary/aromatic N) is 1. The highest BCUT2D eigenvalue weighted by Crippen LogP contribution is 2.47. The van der Waals surface area contributed by atoms with Gasteiger partial charge in [-0.05, 0) is 0 Å². The Kier molecular flexibility index (Phi) is 8.44. The van der Waals surface area contributed by atoms with Gasteiger partial charge in [0.05, 0.1) is 5.39 Å². The zero-order valence-corrected chi connectivity index (χ0v) is 13.2. The van der Waals surface area contributed by atoms with Crippen molar-refractivity contribution in [1.29, 1.82) is 0 Å². The molecule has 0 N–H and O–H groups in total. The van der Waals surface area contributed by atoms with Crippen molar-refractivity contribution in [1.82, 2.24) is 5.39 Å². The predicted molar refractivity (Wildman–Crippen MR) is 52.8 cm³/mol. The SMILES string of the molecule is FC(F)C(F)(ON(OC(F)(C(F)F)C(F)(F)F)OC(F)(C(F)F)C(F)(F)F)C(F)(F)F. The zero-order chi connectivity index (χ0) is 25.4. The number of alkyl halides is 18. The second-order valence-electron chi connectivity index (χ2n) is 4.83. The van der Waals surface area contributed by atoms with E-state index in [9.17, 15) is 79.0 Å². The van der Waals surface area contributed by atoms with E-state index in [4.69, 9.17) is 0 Å². The lowest BCUT2D eigenvalue weighted by Crippen LogP contribution is -2.61. The first-order valence-electron chi connectivity index (χ1n) is 6.35. The first-order chi connectivity index (χ1) is 13.4. The third kappa shape index (κ3) is 5.88. The summed E-state index contributed by atoms with van der Waals surface area (Å²) in [4.78, 5) is 6.14. The van der Waals surface area contributed by atoms with Crippen molar-refractivity contribution in [3.63, 3.8) is 0 Å². The van der Waals surface area contributed by atoms with Gasteiger partial charge in [0.2, 0.25) is 0 Å². The average Bonchev–Trinajstić information content (AvgIpc) is 2.50. The van der Waals surface area contributed by atoms with Crippen LogP contribution in [0.25, 0.3) is 0 Å². The van der Waals surface area contributed by atoms with Crippen molar-refractivity contribution < 1.29 is 93.5 Å². The van der Waals surface area contributed by atoms with Crippen LogP contribution in [0.4, 0.5) is 79.0 Å². The Morgan fingerprint density at radius 3 is 0.645 bits per heavy atom. The smallest absolute Gasteiger partial charge is 0.203 e. The molecule has 0 rings (SSSR count). The van der Waals surface area contributed by atoms with Gasteiger partial charge >= 0.3 is 55.4 Å². The molecular weight excluding hydrogens is 512 g/mol. The van der Waals surface area contributed by atoms with Crippen LogP contribution in [0.5, 0.6) is 0 Å². The van der Waals surface area contributed by atoms with Gasteiger partial charge in [0, 0.05) is 0 Å². The fraction of sp³-hybridized carbons (Fsp3) is 1.00. The van der Waals surface area contributed by atoms with Gasteiger partial charge < -0.3 is 0 Å². The molecule has 0 amide bonds. The largest absolute Gasteiger partial charge is 0.456 e. The molecule has 31 heavy (non-hydrogen) atoms. The maximum atomic E-state index is 13.3. The summed E-state index contributed by atoms with van der Waals surface area (Å²) in [6.45, 7) is 0. The summed E-state index contributed by atoms with van der Waals surface area (Å²) in [5, 5.41) is -3.33. The van der Waals surface area contributed by atoms with Gasteiger partial charge in [-0.2, -0.15) is 67.2 Å². The molecule has 0 aromatic heterocycles. The maximum absolute atomic E-state index is 13.3. The second-order valence-corrected chi connectivity index (χ2v) is 4.83. The minimum Gasteiger partial charge on any atom is -0.203 e. The van der Waals surface area contributed by atoms with E-state index >= 15 is 0 Å². The van der Waals surface area contributed by atoms with Gasteiger partial charge in [-0.3, -0.25) is 0 Å². The van der Waals surface area contributed by atoms with E-state index in [1.807, 2.05) is 14.5 Å². The number of hydrogen-bond donors (Lipinski definition) is 0. The van der Waals surface area contributed by atoms with Crippen molar-refractivity contribution in [2.45, 2.75) is 55.4 Å². The Morgan fingerprint density at radius 1 is 0.387 bits per heavy atom. The average molecular weight is 515 g/mol. The van der Waals surface area contributed by atoms with E-state index in [1.54, 1.807) is 0 Å². The predicted octanol–water partition coefficient (Wildman–Crippen LogP) is 5.56. The molecule has 0 aliphatic heterocycles. The maximum Gasteiger partial charge on any atom is 0.456 e. The molecule has 188 valence electrons. The van der Waals surface area contributed by atoms with Gasteiger partial charge in [0.25, 0.3) is 0 Å². The molecule has 0 spiro atoms. The van der Waals surface area contributed by atoms with Crippen molar-refractivity contribution in [3.05, 3.63) is 0 Å². The first-order valence-corrected chi connectivity index (χ1v) is 6.35. The van der Waals surface area contributed by atoms with Crippen LogP contribution in [0.2, 0.25) is 0 Å². The van der Waals surface area contributed by atoms with Crippen molar-refractivity contribution in [2.75, 3.05) is 0 Å². The molecule has 0 heterocycles. The quantitative estimate of drug-likeness (QED) is 0.297. The van der Waals surface area contributed by atoms with Crippen LogP contribution < -0.4 is 0 Å². The molecule has 4 nitrogen and oxygen atoms in total. The molecule has 3 unspecified atom stereocenters. The summed E-state index contributed by atoms with van der Waals surface area (Å²) < 4.78 is 225. The molecule has 3 atom stereocenters. The highest BCUT2D eigenvalue weighted by Gasteiger charge is 2.73. The fourth-order valence-electron chi connectivity index (χ4n) is 1.03. The summed E-state index contributed by atoms with van der Waals surface area (Å²) >= 11 is 0. The van der Waals surface area contributed by atoms with E-state index in [1.165, 1.54) is 0 Å². The lowest BCUT2D eigenvalue weighted by Gasteiger charge is -2.37. The lowest BCUT2D eigenvalue weighted by atomic mass is 10.3. The molecule has 0 aromatic carbocycles. The number of halogens is 18. The van der Waals surface area contributed by atoms with Crippen LogP contribution in [0, 0.1) is 0 Å². The van der Waals surface area contributed by atoms with Gasteiger partial charge in [-0.1, -0.05) is 0 Å². The van der Waals surface area contributed by atoms with Crippen LogP contribution in [0.3, 0.4) is 0 Å². The van der Waals surface area contributed by atoms with E-state index < -0.39 is 60.8 Å². The summed E-state index contributed by atoms with van der Waals surface area (Å²) in [7, 11) is 0. The molecule has 0 fully saturated rings. The van der Waals surface area contributed by atoms with Crippen LogP contribution >= 0.6 is 0 Å². The van der Waals surface area contributed by atoms with Crippen LogP contribution in [0.1, 0.15) is 0 Å². The van der Waals surface area contributed by atoms with E-state index in [2.05, 4.69) is 0 Å². The Balaban J connectivity index is 6.58. The second kappa shape index (κ2) is 8.84. The fourth-order valence-corrected chi connectivity index (χ4v) is 1.03. The molecular formula is C9H3F18NO3. The monoisotopic (exact) mass is 515 g/mol. The van der Waals surface area contributed by atoms with Crippen molar-refractivity contribution >= 4 is 0 Å². The van der Waals surface area contributed by atoms with Crippen molar-refractivity contribution in [2.24, 2.45) is 0 Å². The number of hydrogen-bond acceptors (Lipinski definition) is 4. The van der Waals surface area contributed by atoms with Crippen LogP contribution in [0.15, 0.2) is 0 Å². The normalized spacial score (nSPS) is 20.3. The molecule has 0 saturated carbocycles. The lowest BCUT2D eigenvalue weighted by molar-refractivity contribution is -0.665. The topological polar surface area (TPSA) is 30.9 Å². The Morgan fingerprint density at radius 2 is 0.548 bits per heavy atom. The summed E-state index contributed by atoms with van der Waals surface area (Å²) in [6.07, 6.45) is -38.8. The summed E-state index contributed by atoms with van der Waals surface area (Å²) in [5.74, 6) is -20.7. The molecule has 0 bridgehead atoms. The minimum atomic E-state index is -7.23. The standard InChI is InChI=1S/C9H3F18NO3/c10-1(11)4(16,7(19,20)21)29-28(30-5(17,2(12)13)8(22,23)24)31-6(18,3(14)15)9(25,26)27/h1-3H. The summed E-state index contributed by atoms with van der Waals surface area (Å²) in [6, 6.07) is 0. The highest BCUT2D eigenvalue weighted by molar-refractivity contribution is 4.83. The van der Waals surface area contributed by atoms with Gasteiger partial charge in [0.15, 0.2) is 0 Å². The Hall–Kier alpha value is -1.42. The summed E-state index contributed by atoms with van der Waals surface area (Å²) in [5.41, 5.74) is 0. The third-order valence-electron chi connectivity index (χ3n) is 2.62. The molecule has 0 radical (unpaired) electrons. The molecule has 0 saturated heterocycles.